The Morgan fingerprint density at radius 2 is 2.05 bits per heavy atom. The Bertz CT molecular complexity index is 542. The SMILES string of the molecule is C=CC(=O)OC(C)[N+](C)(CCC)Cc1ccc([N+](=O)[O-])cc1. The van der Waals surface area contributed by atoms with Gasteiger partial charge in [0.05, 0.1) is 18.5 Å². The van der Waals surface area contributed by atoms with E-state index in [-0.39, 0.29) is 11.9 Å². The predicted octanol–water partition coefficient (Wildman–Crippen LogP) is 3.03. The fraction of sp³-hybridized carbons (Fsp3) is 0.438. The second-order valence-corrected chi connectivity index (χ2v) is 5.53. The molecule has 0 aliphatic rings. The smallest absolute Gasteiger partial charge is 0.334 e. The van der Waals surface area contributed by atoms with Crippen LogP contribution in [0.2, 0.25) is 0 Å². The number of nitro groups is 1. The number of carbonyl (C=O) groups is 1. The number of quaternary nitrogens is 1. The van der Waals surface area contributed by atoms with Crippen molar-refractivity contribution in [2.24, 2.45) is 0 Å². The van der Waals surface area contributed by atoms with Gasteiger partial charge in [-0.15, -0.1) is 0 Å². The van der Waals surface area contributed by atoms with Crippen molar-refractivity contribution < 1.29 is 18.9 Å². The number of esters is 1. The minimum absolute atomic E-state index is 0.0691. The normalized spacial score (nSPS) is 14.7. The lowest BCUT2D eigenvalue weighted by molar-refractivity contribution is -0.962. The van der Waals surface area contributed by atoms with Crippen LogP contribution in [0.15, 0.2) is 36.9 Å². The molecule has 0 fully saturated rings. The maximum absolute atomic E-state index is 11.4. The van der Waals surface area contributed by atoms with Crippen molar-refractivity contribution in [3.63, 3.8) is 0 Å². The molecule has 0 saturated heterocycles. The summed E-state index contributed by atoms with van der Waals surface area (Å²) in [6.45, 7) is 8.76. The van der Waals surface area contributed by atoms with Gasteiger partial charge in [-0.25, -0.2) is 4.79 Å². The largest absolute Gasteiger partial charge is 0.410 e. The van der Waals surface area contributed by atoms with E-state index >= 15 is 0 Å². The molecule has 1 aromatic carbocycles. The number of hydrogen-bond acceptors (Lipinski definition) is 4. The summed E-state index contributed by atoms with van der Waals surface area (Å²) in [7, 11) is 2.01. The van der Waals surface area contributed by atoms with Crippen LogP contribution in [0.3, 0.4) is 0 Å². The number of non-ortho nitro benzene ring substituents is 1. The highest BCUT2D eigenvalue weighted by molar-refractivity contribution is 5.81. The van der Waals surface area contributed by atoms with Gasteiger partial charge >= 0.3 is 5.97 Å². The van der Waals surface area contributed by atoms with Crippen molar-refractivity contribution in [2.45, 2.75) is 33.0 Å². The van der Waals surface area contributed by atoms with Crippen molar-refractivity contribution in [2.75, 3.05) is 13.6 Å². The van der Waals surface area contributed by atoms with Gasteiger partial charge in [0, 0.05) is 30.7 Å². The molecule has 6 nitrogen and oxygen atoms in total. The topological polar surface area (TPSA) is 69.4 Å². The van der Waals surface area contributed by atoms with Gasteiger partial charge in [0.2, 0.25) is 6.23 Å². The molecule has 1 aromatic rings. The van der Waals surface area contributed by atoms with E-state index in [2.05, 4.69) is 13.5 Å². The summed E-state index contributed by atoms with van der Waals surface area (Å²) in [5.74, 6) is -0.448. The summed E-state index contributed by atoms with van der Waals surface area (Å²) in [5, 5.41) is 10.7. The van der Waals surface area contributed by atoms with Crippen LogP contribution in [0.4, 0.5) is 5.69 Å². The summed E-state index contributed by atoms with van der Waals surface area (Å²) in [6, 6.07) is 6.47. The van der Waals surface area contributed by atoms with E-state index in [9.17, 15) is 14.9 Å². The van der Waals surface area contributed by atoms with Crippen LogP contribution in [0.1, 0.15) is 25.8 Å². The third-order valence-corrected chi connectivity index (χ3v) is 3.76. The first kappa shape index (κ1) is 17.8. The average molecular weight is 307 g/mol. The van der Waals surface area contributed by atoms with Gasteiger partial charge in [0.1, 0.15) is 6.54 Å². The van der Waals surface area contributed by atoms with E-state index in [4.69, 9.17) is 4.74 Å². The molecule has 6 heteroatoms. The second-order valence-electron chi connectivity index (χ2n) is 5.53. The predicted molar refractivity (Wildman–Crippen MR) is 83.9 cm³/mol. The minimum Gasteiger partial charge on any atom is -0.410 e. The summed E-state index contributed by atoms with van der Waals surface area (Å²) in [6.07, 6.45) is 1.75. The molecule has 0 aliphatic heterocycles. The first-order valence-corrected chi connectivity index (χ1v) is 7.23. The Morgan fingerprint density at radius 1 is 1.45 bits per heavy atom. The van der Waals surface area contributed by atoms with E-state index in [0.717, 1.165) is 24.6 Å². The van der Waals surface area contributed by atoms with Crippen LogP contribution >= 0.6 is 0 Å². The molecule has 1 rings (SSSR count). The Labute approximate surface area is 130 Å². The Kier molecular flexibility index (Phi) is 6.24. The summed E-state index contributed by atoms with van der Waals surface area (Å²) in [5.41, 5.74) is 1.03. The Hall–Kier alpha value is -2.21. The lowest BCUT2D eigenvalue weighted by Gasteiger charge is -2.38. The molecule has 0 bridgehead atoms. The molecule has 0 heterocycles. The van der Waals surface area contributed by atoms with Gasteiger partial charge in [0.15, 0.2) is 0 Å². The first-order valence-electron chi connectivity index (χ1n) is 7.23. The van der Waals surface area contributed by atoms with Crippen molar-refractivity contribution in [1.29, 1.82) is 0 Å². The van der Waals surface area contributed by atoms with Crippen molar-refractivity contribution >= 4 is 11.7 Å². The van der Waals surface area contributed by atoms with Gasteiger partial charge < -0.3 is 4.74 Å². The molecule has 0 spiro atoms. The van der Waals surface area contributed by atoms with Crippen LogP contribution in [0.25, 0.3) is 0 Å². The Balaban J connectivity index is 2.91. The molecular formula is C16H23N2O4+. The van der Waals surface area contributed by atoms with Crippen LogP contribution in [0.5, 0.6) is 0 Å². The van der Waals surface area contributed by atoms with Crippen LogP contribution in [0, 0.1) is 10.1 Å². The van der Waals surface area contributed by atoms with Crippen molar-refractivity contribution in [1.82, 2.24) is 0 Å². The lowest BCUT2D eigenvalue weighted by Crippen LogP contribution is -2.52. The second kappa shape index (κ2) is 7.70. The van der Waals surface area contributed by atoms with Crippen LogP contribution in [-0.2, 0) is 16.1 Å². The number of ether oxygens (including phenoxy) is 1. The zero-order valence-corrected chi connectivity index (χ0v) is 13.3. The number of nitro benzene ring substituents is 1. The number of nitrogens with zero attached hydrogens (tertiary/aromatic N) is 2. The average Bonchev–Trinajstić information content (AvgIpc) is 2.47. The summed E-state index contributed by atoms with van der Waals surface area (Å²) < 4.78 is 5.87. The van der Waals surface area contributed by atoms with E-state index in [0.29, 0.717) is 11.0 Å². The number of benzene rings is 1. The van der Waals surface area contributed by atoms with Gasteiger partial charge in [-0.3, -0.25) is 14.6 Å². The highest BCUT2D eigenvalue weighted by atomic mass is 16.6. The highest BCUT2D eigenvalue weighted by Gasteiger charge is 2.31. The molecule has 0 saturated carbocycles. The van der Waals surface area contributed by atoms with Gasteiger partial charge in [-0.2, -0.15) is 0 Å². The third kappa shape index (κ3) is 4.66. The molecular weight excluding hydrogens is 284 g/mol. The molecule has 0 aliphatic carbocycles. The van der Waals surface area contributed by atoms with Gasteiger partial charge in [-0.05, 0) is 18.6 Å². The standard InChI is InChI=1S/C16H23N2O4/c1-5-11-18(4,13(3)22-16(19)6-2)12-14-7-9-15(10-8-14)17(20)21/h6-10,13H,2,5,11-12H2,1,3-4H3/q+1. The number of carbonyl (C=O) groups excluding carboxylic acids is 1. The maximum atomic E-state index is 11.4. The molecule has 2 atom stereocenters. The van der Waals surface area contributed by atoms with E-state index in [1.54, 1.807) is 12.1 Å². The molecule has 120 valence electrons. The molecule has 0 amide bonds. The van der Waals surface area contributed by atoms with Crippen molar-refractivity contribution in [3.05, 3.63) is 52.6 Å². The third-order valence-electron chi connectivity index (χ3n) is 3.76. The highest BCUT2D eigenvalue weighted by Crippen LogP contribution is 2.21. The zero-order chi connectivity index (χ0) is 16.8. The lowest BCUT2D eigenvalue weighted by atomic mass is 10.1. The van der Waals surface area contributed by atoms with Gasteiger partial charge in [0.25, 0.3) is 5.69 Å². The molecule has 22 heavy (non-hydrogen) atoms. The van der Waals surface area contributed by atoms with Crippen LogP contribution < -0.4 is 0 Å². The molecule has 0 N–H and O–H groups in total. The van der Waals surface area contributed by atoms with E-state index in [1.807, 2.05) is 14.0 Å². The maximum Gasteiger partial charge on any atom is 0.334 e. The number of rotatable bonds is 8. The van der Waals surface area contributed by atoms with E-state index in [1.165, 1.54) is 12.1 Å². The van der Waals surface area contributed by atoms with Crippen LogP contribution in [-0.4, -0.2) is 35.2 Å². The zero-order valence-electron chi connectivity index (χ0n) is 13.3. The monoisotopic (exact) mass is 307 g/mol. The minimum atomic E-state index is -0.448. The van der Waals surface area contributed by atoms with Crippen molar-refractivity contribution in [3.8, 4) is 0 Å². The van der Waals surface area contributed by atoms with Gasteiger partial charge in [-0.1, -0.05) is 13.5 Å². The fourth-order valence-electron chi connectivity index (χ4n) is 2.38. The summed E-state index contributed by atoms with van der Waals surface area (Å²) >= 11 is 0. The molecule has 0 radical (unpaired) electrons. The summed E-state index contributed by atoms with van der Waals surface area (Å²) in [4.78, 5) is 21.7. The fourth-order valence-corrected chi connectivity index (χ4v) is 2.38. The number of hydrogen-bond donors (Lipinski definition) is 0. The Morgan fingerprint density at radius 3 is 2.50 bits per heavy atom. The quantitative estimate of drug-likeness (QED) is 0.185. The first-order chi connectivity index (χ1) is 10.3. The van der Waals surface area contributed by atoms with E-state index < -0.39 is 10.9 Å². The molecule has 2 unspecified atom stereocenters. The molecule has 0 aromatic heterocycles.